The third-order valence-electron chi connectivity index (χ3n) is 6.33. The van der Waals surface area contributed by atoms with E-state index in [0.29, 0.717) is 11.3 Å². The molecule has 0 aliphatic heterocycles. The van der Waals surface area contributed by atoms with Gasteiger partial charge in [-0.2, -0.15) is 0 Å². The van der Waals surface area contributed by atoms with Crippen molar-refractivity contribution in [3.63, 3.8) is 0 Å². The molecule has 35 heavy (non-hydrogen) atoms. The van der Waals surface area contributed by atoms with Crippen molar-refractivity contribution in [3.8, 4) is 5.69 Å². The molecular weight excluding hydrogens is 442 g/mol. The number of aromatic nitrogens is 2. The fourth-order valence-corrected chi connectivity index (χ4v) is 4.01. The van der Waals surface area contributed by atoms with E-state index in [4.69, 9.17) is 0 Å². The second kappa shape index (κ2) is 9.74. The van der Waals surface area contributed by atoms with Crippen LogP contribution in [0.15, 0.2) is 65.7 Å². The van der Waals surface area contributed by atoms with Crippen LogP contribution < -0.4 is 21.5 Å². The Bertz CT molecular complexity index is 1300. The number of anilines is 1. The summed E-state index contributed by atoms with van der Waals surface area (Å²) in [6, 6.07) is 15.0. The maximum atomic E-state index is 13.5. The highest BCUT2D eigenvalue weighted by atomic mass is 16.2. The zero-order chi connectivity index (χ0) is 24.4. The van der Waals surface area contributed by atoms with Crippen LogP contribution in [0, 0.1) is 6.92 Å². The molecule has 1 aromatic heterocycles. The van der Waals surface area contributed by atoms with Crippen LogP contribution in [0.1, 0.15) is 59.6 Å². The summed E-state index contributed by atoms with van der Waals surface area (Å²) in [6.45, 7) is 1.90. The number of aryl methyl sites for hydroxylation is 1. The van der Waals surface area contributed by atoms with E-state index in [-0.39, 0.29) is 41.7 Å². The van der Waals surface area contributed by atoms with Gasteiger partial charge in [0.15, 0.2) is 5.82 Å². The smallest absolute Gasteiger partial charge is 0.297 e. The third-order valence-corrected chi connectivity index (χ3v) is 6.33. The van der Waals surface area contributed by atoms with Crippen molar-refractivity contribution in [3.05, 3.63) is 88.0 Å². The molecule has 3 N–H and O–H groups in total. The Morgan fingerprint density at radius 1 is 1.03 bits per heavy atom. The number of amides is 2. The molecule has 0 bridgehead atoms. The van der Waals surface area contributed by atoms with Crippen molar-refractivity contribution in [1.29, 1.82) is 0 Å². The zero-order valence-electron chi connectivity index (χ0n) is 19.7. The summed E-state index contributed by atoms with van der Waals surface area (Å²) in [4.78, 5) is 42.9. The van der Waals surface area contributed by atoms with Gasteiger partial charge in [0.1, 0.15) is 0 Å². The Morgan fingerprint density at radius 3 is 2.46 bits per heavy atom. The van der Waals surface area contributed by atoms with Crippen molar-refractivity contribution < 1.29 is 9.59 Å². The van der Waals surface area contributed by atoms with Crippen LogP contribution in [0.2, 0.25) is 0 Å². The quantitative estimate of drug-likeness (QED) is 0.444. The van der Waals surface area contributed by atoms with Crippen molar-refractivity contribution in [2.24, 2.45) is 0 Å². The molecule has 2 fully saturated rings. The van der Waals surface area contributed by atoms with Gasteiger partial charge in [-0.25, -0.2) is 4.98 Å². The van der Waals surface area contributed by atoms with E-state index in [1.807, 2.05) is 43.3 Å². The van der Waals surface area contributed by atoms with Crippen LogP contribution in [-0.4, -0.2) is 33.4 Å². The van der Waals surface area contributed by atoms with Gasteiger partial charge in [0.25, 0.3) is 11.5 Å². The summed E-state index contributed by atoms with van der Waals surface area (Å²) in [5.74, 6) is -0.0526. The number of nitrogens with one attached hydrogen (secondary N) is 3. The largest absolute Gasteiger partial charge is 0.358 e. The van der Waals surface area contributed by atoms with E-state index in [1.165, 1.54) is 4.57 Å². The van der Waals surface area contributed by atoms with Gasteiger partial charge < -0.3 is 16.0 Å². The SMILES string of the molecule is Cc1ccc(C(=O)NC2CC2)cc1-n1ccnc(NC(CC(=O)NC2CC2)c2ccccc2)c1=O. The highest BCUT2D eigenvalue weighted by Gasteiger charge is 2.26. The molecule has 1 unspecified atom stereocenters. The molecule has 0 radical (unpaired) electrons. The van der Waals surface area contributed by atoms with Gasteiger partial charge in [-0.1, -0.05) is 36.4 Å². The topological polar surface area (TPSA) is 105 Å². The minimum atomic E-state index is -0.414. The molecule has 1 heterocycles. The van der Waals surface area contributed by atoms with Crippen LogP contribution >= 0.6 is 0 Å². The summed E-state index contributed by atoms with van der Waals surface area (Å²) >= 11 is 0. The van der Waals surface area contributed by atoms with Gasteiger partial charge in [0.2, 0.25) is 5.91 Å². The summed E-state index contributed by atoms with van der Waals surface area (Å²) in [6.07, 6.45) is 7.36. The molecule has 1 atom stereocenters. The molecule has 2 saturated carbocycles. The average molecular weight is 472 g/mol. The van der Waals surface area contributed by atoms with E-state index < -0.39 is 6.04 Å². The van der Waals surface area contributed by atoms with Crippen LogP contribution in [0.4, 0.5) is 5.82 Å². The molecule has 180 valence electrons. The first-order valence-corrected chi connectivity index (χ1v) is 12.1. The summed E-state index contributed by atoms with van der Waals surface area (Å²) in [5, 5.41) is 9.20. The molecule has 3 aromatic rings. The first-order chi connectivity index (χ1) is 17.0. The number of hydrogen-bond donors (Lipinski definition) is 3. The minimum Gasteiger partial charge on any atom is -0.358 e. The molecule has 2 aliphatic carbocycles. The van der Waals surface area contributed by atoms with E-state index >= 15 is 0 Å². The molecule has 0 saturated heterocycles. The number of carbonyl (C=O) groups excluding carboxylic acids is 2. The lowest BCUT2D eigenvalue weighted by Gasteiger charge is -2.20. The number of benzene rings is 2. The lowest BCUT2D eigenvalue weighted by Crippen LogP contribution is -2.31. The van der Waals surface area contributed by atoms with Gasteiger partial charge in [-0.05, 0) is 55.9 Å². The van der Waals surface area contributed by atoms with E-state index in [0.717, 1.165) is 36.8 Å². The number of rotatable bonds is 9. The highest BCUT2D eigenvalue weighted by molar-refractivity contribution is 5.95. The lowest BCUT2D eigenvalue weighted by atomic mass is 10.0. The van der Waals surface area contributed by atoms with Gasteiger partial charge in [0.05, 0.1) is 18.2 Å². The van der Waals surface area contributed by atoms with Crippen LogP contribution in [-0.2, 0) is 4.79 Å². The van der Waals surface area contributed by atoms with E-state index in [2.05, 4.69) is 20.9 Å². The second-order valence-corrected chi connectivity index (χ2v) is 9.35. The molecular formula is C27H29N5O3. The second-order valence-electron chi connectivity index (χ2n) is 9.35. The predicted octanol–water partition coefficient (Wildman–Crippen LogP) is 3.26. The van der Waals surface area contributed by atoms with E-state index in [1.54, 1.807) is 24.5 Å². The summed E-state index contributed by atoms with van der Waals surface area (Å²) in [7, 11) is 0. The minimum absolute atomic E-state index is 0.0599. The van der Waals surface area contributed by atoms with Gasteiger partial charge >= 0.3 is 0 Å². The predicted molar refractivity (Wildman–Crippen MR) is 134 cm³/mol. The number of carbonyl (C=O) groups is 2. The Hall–Kier alpha value is -3.94. The molecule has 2 aromatic carbocycles. The monoisotopic (exact) mass is 471 g/mol. The molecule has 2 aliphatic rings. The van der Waals surface area contributed by atoms with Gasteiger partial charge in [0, 0.05) is 30.0 Å². The lowest BCUT2D eigenvalue weighted by molar-refractivity contribution is -0.121. The Balaban J connectivity index is 1.43. The fraction of sp³-hybridized carbons (Fsp3) is 0.333. The summed E-state index contributed by atoms with van der Waals surface area (Å²) in [5.41, 5.74) is 2.53. The molecule has 2 amide bonds. The van der Waals surface area contributed by atoms with Crippen molar-refractivity contribution in [2.75, 3.05) is 5.32 Å². The van der Waals surface area contributed by atoms with Crippen molar-refractivity contribution in [2.45, 2.75) is 57.2 Å². The number of hydrogen-bond acceptors (Lipinski definition) is 5. The third kappa shape index (κ3) is 5.59. The van der Waals surface area contributed by atoms with Crippen LogP contribution in [0.5, 0.6) is 0 Å². The number of nitrogens with zero attached hydrogens (tertiary/aromatic N) is 2. The van der Waals surface area contributed by atoms with Gasteiger partial charge in [-0.15, -0.1) is 0 Å². The maximum Gasteiger partial charge on any atom is 0.297 e. The van der Waals surface area contributed by atoms with Crippen LogP contribution in [0.25, 0.3) is 5.69 Å². The van der Waals surface area contributed by atoms with Crippen LogP contribution in [0.3, 0.4) is 0 Å². The Labute approximate surface area is 203 Å². The molecule has 8 heteroatoms. The molecule has 5 rings (SSSR count). The van der Waals surface area contributed by atoms with Crippen molar-refractivity contribution in [1.82, 2.24) is 20.2 Å². The van der Waals surface area contributed by atoms with Gasteiger partial charge in [-0.3, -0.25) is 19.0 Å². The Kier molecular flexibility index (Phi) is 6.35. The maximum absolute atomic E-state index is 13.5. The fourth-order valence-electron chi connectivity index (χ4n) is 4.01. The average Bonchev–Trinajstić information content (AvgIpc) is 3.79. The summed E-state index contributed by atoms with van der Waals surface area (Å²) < 4.78 is 1.49. The normalized spacial score (nSPS) is 15.8. The standard InChI is InChI=1S/C27H29N5O3/c1-17-7-8-19(26(34)30-21-11-12-21)15-23(17)32-14-13-28-25(27(32)35)31-22(18-5-3-2-4-6-18)16-24(33)29-20-9-10-20/h2-8,13-15,20-22H,9-12,16H2,1H3,(H,28,31)(H,29,33)(H,30,34). The van der Waals surface area contributed by atoms with Crippen molar-refractivity contribution >= 4 is 17.6 Å². The Morgan fingerprint density at radius 2 is 1.74 bits per heavy atom. The first kappa shape index (κ1) is 22.8. The zero-order valence-corrected chi connectivity index (χ0v) is 19.7. The first-order valence-electron chi connectivity index (χ1n) is 12.1. The highest BCUT2D eigenvalue weighted by Crippen LogP contribution is 2.24. The molecule has 8 nitrogen and oxygen atoms in total. The van der Waals surface area contributed by atoms with E-state index in [9.17, 15) is 14.4 Å². The molecule has 0 spiro atoms.